The summed E-state index contributed by atoms with van der Waals surface area (Å²) in [6, 6.07) is 3.49. The molecule has 0 aromatic carbocycles. The van der Waals surface area contributed by atoms with E-state index in [1.807, 2.05) is 18.7 Å². The first-order valence-corrected chi connectivity index (χ1v) is 7.65. The van der Waals surface area contributed by atoms with Crippen LogP contribution in [0.5, 0.6) is 5.88 Å². The SMILES string of the molecule is CCCN1CCCN(C(=O)c2ccc(C)nc2OC)CC1=O. The van der Waals surface area contributed by atoms with Crippen LogP contribution in [0.3, 0.4) is 0 Å². The number of aryl methyl sites for hydroxylation is 1. The zero-order chi connectivity index (χ0) is 16.1. The van der Waals surface area contributed by atoms with E-state index in [1.165, 1.54) is 7.11 Å². The summed E-state index contributed by atoms with van der Waals surface area (Å²) in [4.78, 5) is 32.6. The standard InChI is InChI=1S/C16H23N3O3/c1-4-8-18-9-5-10-19(11-14(18)20)16(21)13-7-6-12(2)17-15(13)22-3/h6-7H,4-5,8-11H2,1-3H3. The van der Waals surface area contributed by atoms with Gasteiger partial charge in [-0.15, -0.1) is 0 Å². The fourth-order valence-electron chi connectivity index (χ4n) is 2.62. The highest BCUT2D eigenvalue weighted by Gasteiger charge is 2.27. The average Bonchev–Trinajstić information content (AvgIpc) is 2.69. The number of rotatable bonds is 4. The highest BCUT2D eigenvalue weighted by molar-refractivity contribution is 5.98. The summed E-state index contributed by atoms with van der Waals surface area (Å²) in [5.41, 5.74) is 1.19. The fourth-order valence-corrected chi connectivity index (χ4v) is 2.62. The van der Waals surface area contributed by atoms with E-state index in [0.717, 1.165) is 25.1 Å². The zero-order valence-corrected chi connectivity index (χ0v) is 13.5. The first-order valence-electron chi connectivity index (χ1n) is 7.65. The Morgan fingerprint density at radius 3 is 2.82 bits per heavy atom. The van der Waals surface area contributed by atoms with Gasteiger partial charge in [-0.25, -0.2) is 4.98 Å². The maximum absolute atomic E-state index is 12.7. The second kappa shape index (κ2) is 7.24. The maximum Gasteiger partial charge on any atom is 0.259 e. The number of nitrogens with zero attached hydrogens (tertiary/aromatic N) is 3. The Balaban J connectivity index is 2.17. The molecular weight excluding hydrogens is 282 g/mol. The van der Waals surface area contributed by atoms with E-state index in [9.17, 15) is 9.59 Å². The number of ether oxygens (including phenoxy) is 1. The maximum atomic E-state index is 12.7. The number of hydrogen-bond donors (Lipinski definition) is 0. The van der Waals surface area contributed by atoms with Crippen LogP contribution in [0.2, 0.25) is 0 Å². The highest BCUT2D eigenvalue weighted by Crippen LogP contribution is 2.19. The van der Waals surface area contributed by atoms with Crippen LogP contribution in [-0.2, 0) is 4.79 Å². The molecule has 0 aliphatic carbocycles. The summed E-state index contributed by atoms with van der Waals surface area (Å²) in [5.74, 6) is 0.120. The van der Waals surface area contributed by atoms with Gasteiger partial charge in [0.2, 0.25) is 11.8 Å². The quantitative estimate of drug-likeness (QED) is 0.845. The molecule has 2 heterocycles. The molecule has 120 valence electrons. The highest BCUT2D eigenvalue weighted by atomic mass is 16.5. The van der Waals surface area contributed by atoms with Crippen molar-refractivity contribution >= 4 is 11.8 Å². The van der Waals surface area contributed by atoms with Gasteiger partial charge in [-0.1, -0.05) is 6.92 Å². The smallest absolute Gasteiger partial charge is 0.259 e. The average molecular weight is 305 g/mol. The third-order valence-corrected chi connectivity index (χ3v) is 3.74. The molecule has 0 atom stereocenters. The minimum Gasteiger partial charge on any atom is -0.480 e. The Kier molecular flexibility index (Phi) is 5.35. The number of hydrogen-bond acceptors (Lipinski definition) is 4. The van der Waals surface area contributed by atoms with Gasteiger partial charge in [0.15, 0.2) is 0 Å². The summed E-state index contributed by atoms with van der Waals surface area (Å²) >= 11 is 0. The molecule has 6 heteroatoms. The van der Waals surface area contributed by atoms with Gasteiger partial charge in [-0.05, 0) is 31.9 Å². The fraction of sp³-hybridized carbons (Fsp3) is 0.562. The summed E-state index contributed by atoms with van der Waals surface area (Å²) in [6.45, 7) is 6.03. The predicted octanol–water partition coefficient (Wildman–Crippen LogP) is 1.48. The van der Waals surface area contributed by atoms with Gasteiger partial charge >= 0.3 is 0 Å². The molecule has 0 spiro atoms. The van der Waals surface area contributed by atoms with Gasteiger partial charge in [-0.3, -0.25) is 9.59 Å². The first-order chi connectivity index (χ1) is 10.6. The monoisotopic (exact) mass is 305 g/mol. The molecule has 22 heavy (non-hydrogen) atoms. The summed E-state index contributed by atoms with van der Waals surface area (Å²) in [6.07, 6.45) is 1.72. The van der Waals surface area contributed by atoms with Crippen molar-refractivity contribution in [2.24, 2.45) is 0 Å². The number of carbonyl (C=O) groups excluding carboxylic acids is 2. The number of aromatic nitrogens is 1. The molecule has 6 nitrogen and oxygen atoms in total. The lowest BCUT2D eigenvalue weighted by Crippen LogP contribution is -2.39. The van der Waals surface area contributed by atoms with Gasteiger partial charge in [0, 0.05) is 25.3 Å². The van der Waals surface area contributed by atoms with Crippen LogP contribution in [0.1, 0.15) is 35.8 Å². The minimum absolute atomic E-state index is 0.00624. The Morgan fingerprint density at radius 1 is 1.36 bits per heavy atom. The van der Waals surface area contributed by atoms with Crippen LogP contribution in [0.4, 0.5) is 0 Å². The Hall–Kier alpha value is -2.11. The molecule has 1 aliphatic heterocycles. The molecule has 1 aromatic heterocycles. The molecular formula is C16H23N3O3. The number of carbonyl (C=O) groups is 2. The third-order valence-electron chi connectivity index (χ3n) is 3.74. The van der Waals surface area contributed by atoms with Gasteiger partial charge in [-0.2, -0.15) is 0 Å². The number of methoxy groups -OCH3 is 1. The third kappa shape index (κ3) is 3.55. The van der Waals surface area contributed by atoms with Crippen molar-refractivity contribution in [2.75, 3.05) is 33.3 Å². The molecule has 1 aromatic rings. The van der Waals surface area contributed by atoms with Gasteiger partial charge in [0.25, 0.3) is 5.91 Å². The van der Waals surface area contributed by atoms with E-state index < -0.39 is 0 Å². The largest absolute Gasteiger partial charge is 0.480 e. The van der Waals surface area contributed by atoms with Gasteiger partial charge in [0.1, 0.15) is 12.1 Å². The molecule has 0 unspecified atom stereocenters. The van der Waals surface area contributed by atoms with Crippen LogP contribution in [0.15, 0.2) is 12.1 Å². The second-order valence-electron chi connectivity index (χ2n) is 5.47. The van der Waals surface area contributed by atoms with E-state index in [2.05, 4.69) is 4.98 Å². The summed E-state index contributed by atoms with van der Waals surface area (Å²) < 4.78 is 5.20. The molecule has 2 amide bonds. The summed E-state index contributed by atoms with van der Waals surface area (Å²) in [5, 5.41) is 0. The van der Waals surface area contributed by atoms with Crippen LogP contribution >= 0.6 is 0 Å². The molecule has 0 bridgehead atoms. The van der Waals surface area contributed by atoms with Gasteiger partial charge in [0.05, 0.1) is 7.11 Å². The van der Waals surface area contributed by atoms with Crippen molar-refractivity contribution in [3.63, 3.8) is 0 Å². The predicted molar refractivity (Wildman–Crippen MR) is 82.9 cm³/mol. The summed E-state index contributed by atoms with van der Waals surface area (Å²) in [7, 11) is 1.50. The van der Waals surface area contributed by atoms with Crippen LogP contribution in [0.25, 0.3) is 0 Å². The van der Waals surface area contributed by atoms with E-state index in [1.54, 1.807) is 17.0 Å². The topological polar surface area (TPSA) is 62.7 Å². The van der Waals surface area contributed by atoms with Gasteiger partial charge < -0.3 is 14.5 Å². The Labute approximate surface area is 131 Å². The van der Waals surface area contributed by atoms with Crippen molar-refractivity contribution in [2.45, 2.75) is 26.7 Å². The molecule has 1 aliphatic rings. The van der Waals surface area contributed by atoms with E-state index in [4.69, 9.17) is 4.74 Å². The van der Waals surface area contributed by atoms with Crippen LogP contribution < -0.4 is 4.74 Å². The molecule has 2 rings (SSSR count). The molecule has 1 saturated heterocycles. The van der Waals surface area contributed by atoms with E-state index >= 15 is 0 Å². The molecule has 0 radical (unpaired) electrons. The van der Waals surface area contributed by atoms with Crippen LogP contribution in [0, 0.1) is 6.92 Å². The van der Waals surface area contributed by atoms with Crippen molar-refractivity contribution < 1.29 is 14.3 Å². The minimum atomic E-state index is -0.198. The van der Waals surface area contributed by atoms with Crippen molar-refractivity contribution in [3.05, 3.63) is 23.4 Å². The first kappa shape index (κ1) is 16.3. The van der Waals surface area contributed by atoms with Crippen molar-refractivity contribution in [3.8, 4) is 5.88 Å². The molecule has 1 fully saturated rings. The molecule has 0 saturated carbocycles. The lowest BCUT2D eigenvalue weighted by molar-refractivity contribution is -0.130. The lowest BCUT2D eigenvalue weighted by Gasteiger charge is -2.22. The van der Waals surface area contributed by atoms with E-state index in [0.29, 0.717) is 24.5 Å². The van der Waals surface area contributed by atoms with Crippen molar-refractivity contribution in [1.29, 1.82) is 0 Å². The number of pyridine rings is 1. The Morgan fingerprint density at radius 2 is 2.14 bits per heavy atom. The van der Waals surface area contributed by atoms with Crippen LogP contribution in [-0.4, -0.2) is 59.9 Å². The Bertz CT molecular complexity index is 560. The van der Waals surface area contributed by atoms with Crippen molar-refractivity contribution in [1.82, 2.24) is 14.8 Å². The normalized spacial score (nSPS) is 15.7. The van der Waals surface area contributed by atoms with E-state index in [-0.39, 0.29) is 18.4 Å². The second-order valence-corrected chi connectivity index (χ2v) is 5.47. The lowest BCUT2D eigenvalue weighted by atomic mass is 10.2. The molecule has 0 N–H and O–H groups in total. The zero-order valence-electron chi connectivity index (χ0n) is 13.5. The number of amides is 2.